The van der Waals surface area contributed by atoms with E-state index in [1.54, 1.807) is 31.4 Å². The molecule has 0 bridgehead atoms. The number of benzene rings is 1. The normalized spacial score (nSPS) is 11.1. The number of carbonyl (C=O) groups excluding carboxylic acids is 1. The van der Waals surface area contributed by atoms with E-state index < -0.39 is 0 Å². The first kappa shape index (κ1) is 11.2. The highest BCUT2D eigenvalue weighted by Gasteiger charge is 1.96. The Balaban J connectivity index is 2.66. The third-order valence-electron chi connectivity index (χ3n) is 1.88. The number of rotatable bonds is 5. The predicted molar refractivity (Wildman–Crippen MR) is 57.3 cm³/mol. The number of nitrogens with zero attached hydrogens (tertiary/aromatic N) is 1. The van der Waals surface area contributed by atoms with Gasteiger partial charge >= 0.3 is 0 Å². The summed E-state index contributed by atoms with van der Waals surface area (Å²) in [5.41, 5.74) is 0.789. The van der Waals surface area contributed by atoms with Crippen LogP contribution < -0.4 is 4.74 Å². The van der Waals surface area contributed by atoms with Crippen LogP contribution in [0.3, 0.4) is 0 Å². The van der Waals surface area contributed by atoms with Crippen LogP contribution in [0, 0.1) is 5.21 Å². The molecule has 0 unspecified atom stereocenters. The van der Waals surface area contributed by atoms with Gasteiger partial charge in [-0.2, -0.15) is 0 Å². The van der Waals surface area contributed by atoms with E-state index in [0.29, 0.717) is 0 Å². The van der Waals surface area contributed by atoms with Crippen LogP contribution in [-0.2, 0) is 4.79 Å². The van der Waals surface area contributed by atoms with Crippen molar-refractivity contribution in [2.24, 2.45) is 0 Å². The Morgan fingerprint density at radius 1 is 1.40 bits per heavy atom. The van der Waals surface area contributed by atoms with Gasteiger partial charge in [0.1, 0.15) is 12.0 Å². The van der Waals surface area contributed by atoms with Gasteiger partial charge in [0.25, 0.3) is 0 Å². The summed E-state index contributed by atoms with van der Waals surface area (Å²) in [5.74, 6) is 0.748. The van der Waals surface area contributed by atoms with E-state index in [-0.39, 0.29) is 13.0 Å². The van der Waals surface area contributed by atoms with Crippen LogP contribution in [0.15, 0.2) is 24.3 Å². The number of aldehydes is 1. The molecule has 80 valence electrons. The quantitative estimate of drug-likeness (QED) is 0.240. The molecular weight excluding hydrogens is 194 g/mol. The molecule has 0 aliphatic carbocycles. The number of carbonyl (C=O) groups is 1. The molecule has 0 aliphatic rings. The zero-order chi connectivity index (χ0) is 11.1. The lowest BCUT2D eigenvalue weighted by molar-refractivity contribution is -0.450. The van der Waals surface area contributed by atoms with Crippen LogP contribution >= 0.6 is 0 Å². The van der Waals surface area contributed by atoms with Gasteiger partial charge in [0.2, 0.25) is 0 Å². The Kier molecular flexibility index (Phi) is 4.34. The molecule has 0 radical (unpaired) electrons. The molecule has 0 amide bonds. The molecule has 0 fully saturated rings. The van der Waals surface area contributed by atoms with Crippen molar-refractivity contribution < 1.29 is 14.3 Å². The molecular formula is C11H13NO3. The molecule has 0 N–H and O–H groups in total. The van der Waals surface area contributed by atoms with Crippen LogP contribution in [0.2, 0.25) is 0 Å². The lowest BCUT2D eigenvalue weighted by Gasteiger charge is -2.02. The Morgan fingerprint density at radius 3 is 2.60 bits per heavy atom. The molecule has 0 saturated heterocycles. The van der Waals surface area contributed by atoms with Gasteiger partial charge in [-0.25, -0.2) is 4.74 Å². The van der Waals surface area contributed by atoms with E-state index in [1.165, 1.54) is 6.21 Å². The van der Waals surface area contributed by atoms with Crippen molar-refractivity contribution in [2.75, 3.05) is 13.7 Å². The average Bonchev–Trinajstić information content (AvgIpc) is 2.27. The third kappa shape index (κ3) is 3.81. The molecule has 1 rings (SSSR count). The molecule has 15 heavy (non-hydrogen) atoms. The zero-order valence-electron chi connectivity index (χ0n) is 8.55. The molecule has 0 aromatic heterocycles. The van der Waals surface area contributed by atoms with Gasteiger partial charge < -0.3 is 14.7 Å². The topological polar surface area (TPSA) is 52.4 Å². The van der Waals surface area contributed by atoms with Gasteiger partial charge in [0.15, 0.2) is 12.8 Å². The molecule has 0 atom stereocenters. The average molecular weight is 207 g/mol. The summed E-state index contributed by atoms with van der Waals surface area (Å²) in [4.78, 5) is 10.0. The Labute approximate surface area is 88.4 Å². The Hall–Kier alpha value is -1.84. The highest BCUT2D eigenvalue weighted by atomic mass is 16.5. The van der Waals surface area contributed by atoms with Gasteiger partial charge in [0, 0.05) is 5.56 Å². The molecule has 0 heterocycles. The summed E-state index contributed by atoms with van der Waals surface area (Å²) in [6.07, 6.45) is 2.42. The Bertz CT molecular complexity index is 343. The summed E-state index contributed by atoms with van der Waals surface area (Å²) in [5, 5.41) is 11.2. The first-order valence-corrected chi connectivity index (χ1v) is 4.62. The van der Waals surface area contributed by atoms with Gasteiger partial charge in [0.05, 0.1) is 13.5 Å². The fourth-order valence-electron chi connectivity index (χ4n) is 1.10. The number of hydrogen-bond acceptors (Lipinski definition) is 3. The maximum Gasteiger partial charge on any atom is 0.181 e. The van der Waals surface area contributed by atoms with Crippen LogP contribution in [0.4, 0.5) is 0 Å². The number of hydrogen-bond donors (Lipinski definition) is 0. The smallest absolute Gasteiger partial charge is 0.181 e. The largest absolute Gasteiger partial charge is 0.624 e. The molecule has 4 nitrogen and oxygen atoms in total. The maximum atomic E-state index is 11.2. The Morgan fingerprint density at radius 2 is 2.07 bits per heavy atom. The molecule has 1 aromatic rings. The minimum atomic E-state index is 0.190. The summed E-state index contributed by atoms with van der Waals surface area (Å²) < 4.78 is 5.73. The first-order chi connectivity index (χ1) is 7.26. The molecule has 1 aromatic carbocycles. The van der Waals surface area contributed by atoms with E-state index >= 15 is 0 Å². The minimum absolute atomic E-state index is 0.190. The fourth-order valence-corrected chi connectivity index (χ4v) is 1.10. The summed E-state index contributed by atoms with van der Waals surface area (Å²) >= 11 is 0. The molecule has 4 heteroatoms. The van der Waals surface area contributed by atoms with Crippen LogP contribution in [-0.4, -0.2) is 30.9 Å². The number of methoxy groups -OCH3 is 1. The zero-order valence-corrected chi connectivity index (χ0v) is 8.55. The minimum Gasteiger partial charge on any atom is -0.624 e. The van der Waals surface area contributed by atoms with Crippen molar-refractivity contribution >= 4 is 12.5 Å². The van der Waals surface area contributed by atoms with Crippen LogP contribution in [0.25, 0.3) is 0 Å². The van der Waals surface area contributed by atoms with Crippen molar-refractivity contribution in [1.29, 1.82) is 0 Å². The van der Waals surface area contributed by atoms with Crippen molar-refractivity contribution in [2.45, 2.75) is 6.42 Å². The highest BCUT2D eigenvalue weighted by Crippen LogP contribution is 2.09. The molecule has 0 saturated carbocycles. The number of hydroxylamine groups is 1. The molecule has 0 spiro atoms. The molecule has 0 aliphatic heterocycles. The van der Waals surface area contributed by atoms with Crippen LogP contribution in [0.1, 0.15) is 12.0 Å². The van der Waals surface area contributed by atoms with Crippen molar-refractivity contribution in [3.63, 3.8) is 0 Å². The van der Waals surface area contributed by atoms with Gasteiger partial charge in [-0.05, 0) is 24.3 Å². The van der Waals surface area contributed by atoms with Crippen molar-refractivity contribution in [3.05, 3.63) is 35.0 Å². The third-order valence-corrected chi connectivity index (χ3v) is 1.88. The summed E-state index contributed by atoms with van der Waals surface area (Å²) in [7, 11) is 1.59. The SMILES string of the molecule is COc1ccc(/C=[N+](\[O-])CCC=O)cc1. The predicted octanol–water partition coefficient (Wildman–Crippen LogP) is 1.21. The second-order valence-electron chi connectivity index (χ2n) is 3.00. The maximum absolute atomic E-state index is 11.2. The second kappa shape index (κ2) is 5.80. The monoisotopic (exact) mass is 207 g/mol. The fraction of sp³-hybridized carbons (Fsp3) is 0.273. The van der Waals surface area contributed by atoms with Crippen molar-refractivity contribution in [1.82, 2.24) is 0 Å². The van der Waals surface area contributed by atoms with Crippen molar-refractivity contribution in [3.8, 4) is 5.75 Å². The van der Waals surface area contributed by atoms with E-state index in [9.17, 15) is 10.0 Å². The van der Waals surface area contributed by atoms with E-state index in [2.05, 4.69) is 0 Å². The first-order valence-electron chi connectivity index (χ1n) is 4.62. The highest BCUT2D eigenvalue weighted by molar-refractivity contribution is 5.75. The van der Waals surface area contributed by atoms with Gasteiger partial charge in [-0.15, -0.1) is 0 Å². The van der Waals surface area contributed by atoms with Crippen LogP contribution in [0.5, 0.6) is 5.75 Å². The van der Waals surface area contributed by atoms with Gasteiger partial charge in [-0.3, -0.25) is 0 Å². The van der Waals surface area contributed by atoms with E-state index in [0.717, 1.165) is 22.3 Å². The standard InChI is InChI=1S/C11H13NO3/c1-15-11-5-3-10(4-6-11)9-12(14)7-2-8-13/h3-6,8-9H,2,7H2,1H3/b12-9-. The summed E-state index contributed by atoms with van der Waals surface area (Å²) in [6.45, 7) is 0.190. The van der Waals surface area contributed by atoms with E-state index in [4.69, 9.17) is 4.74 Å². The summed E-state index contributed by atoms with van der Waals surface area (Å²) in [6, 6.07) is 7.12. The number of ether oxygens (including phenoxy) is 1. The second-order valence-corrected chi connectivity index (χ2v) is 3.00. The lowest BCUT2D eigenvalue weighted by Crippen LogP contribution is -2.07. The lowest BCUT2D eigenvalue weighted by atomic mass is 10.2. The van der Waals surface area contributed by atoms with Gasteiger partial charge in [-0.1, -0.05) is 0 Å². The van der Waals surface area contributed by atoms with E-state index in [1.807, 2.05) is 0 Å².